The Bertz CT molecular complexity index is 412. The largest absolute Gasteiger partial charge is 0.365 e. The predicted molar refractivity (Wildman–Crippen MR) is 79.0 cm³/mol. The minimum absolute atomic E-state index is 0.511. The fraction of sp³-hybridized carbons (Fsp3) is 0.533. The number of amidine groups is 1. The summed E-state index contributed by atoms with van der Waals surface area (Å²) in [7, 11) is 0. The molecule has 1 aliphatic heterocycles. The summed E-state index contributed by atoms with van der Waals surface area (Å²) >= 11 is 1.88. The molecule has 1 heterocycles. The number of thioether (sulfide) groups is 1. The van der Waals surface area contributed by atoms with Crippen LogP contribution in [0.15, 0.2) is 35.3 Å². The van der Waals surface area contributed by atoms with Crippen molar-refractivity contribution in [1.82, 2.24) is 5.32 Å². The van der Waals surface area contributed by atoms with Crippen LogP contribution in [0.5, 0.6) is 0 Å². The summed E-state index contributed by atoms with van der Waals surface area (Å²) in [5, 5.41) is 5.15. The summed E-state index contributed by atoms with van der Waals surface area (Å²) in [6.07, 6.45) is 5.63. The first-order valence-corrected chi connectivity index (χ1v) is 7.80. The third-order valence-electron chi connectivity index (χ3n) is 3.88. The van der Waals surface area contributed by atoms with Crippen LogP contribution in [-0.2, 0) is 0 Å². The average molecular weight is 260 g/mol. The highest BCUT2D eigenvalue weighted by atomic mass is 32.2. The van der Waals surface area contributed by atoms with E-state index in [-0.39, 0.29) is 0 Å². The summed E-state index contributed by atoms with van der Waals surface area (Å²) in [4.78, 5) is 4.60. The molecule has 1 unspecified atom stereocenters. The van der Waals surface area contributed by atoms with Crippen molar-refractivity contribution < 1.29 is 0 Å². The maximum atomic E-state index is 4.60. The number of nitrogens with one attached hydrogen (secondary N) is 1. The molecule has 1 aliphatic carbocycles. The lowest BCUT2D eigenvalue weighted by Gasteiger charge is -2.25. The Kier molecular flexibility index (Phi) is 3.89. The zero-order chi connectivity index (χ0) is 12.2. The standard InChI is InChI=1S/C15H20N2S/c1-2-7-13(8-3-1)14-11-17-15(18-14)16-10-9-12-5-4-6-12/h1-3,7-8,12,14H,4-6,9-11H2,(H,16,17). The topological polar surface area (TPSA) is 24.4 Å². The van der Waals surface area contributed by atoms with Crippen molar-refractivity contribution in [3.63, 3.8) is 0 Å². The molecule has 1 N–H and O–H groups in total. The van der Waals surface area contributed by atoms with Gasteiger partial charge in [0.25, 0.3) is 0 Å². The van der Waals surface area contributed by atoms with Gasteiger partial charge in [-0.05, 0) is 17.9 Å². The summed E-state index contributed by atoms with van der Waals surface area (Å²) < 4.78 is 0. The normalized spacial score (nSPS) is 23.6. The van der Waals surface area contributed by atoms with E-state index in [1.165, 1.54) is 31.2 Å². The fourth-order valence-electron chi connectivity index (χ4n) is 2.48. The zero-order valence-corrected chi connectivity index (χ0v) is 11.5. The molecule has 0 bridgehead atoms. The first kappa shape index (κ1) is 12.1. The third-order valence-corrected chi connectivity index (χ3v) is 5.08. The molecule has 1 saturated carbocycles. The molecule has 3 heteroatoms. The third kappa shape index (κ3) is 2.89. The van der Waals surface area contributed by atoms with Crippen molar-refractivity contribution >= 4 is 16.9 Å². The Labute approximate surface area is 113 Å². The Morgan fingerprint density at radius 2 is 2.06 bits per heavy atom. The molecule has 2 aliphatic rings. The molecule has 0 spiro atoms. The van der Waals surface area contributed by atoms with Crippen molar-refractivity contribution in [2.75, 3.05) is 13.1 Å². The van der Waals surface area contributed by atoms with Gasteiger partial charge in [-0.15, -0.1) is 0 Å². The second-order valence-electron chi connectivity index (χ2n) is 5.18. The summed E-state index contributed by atoms with van der Waals surface area (Å²) in [6.45, 7) is 2.01. The highest BCUT2D eigenvalue weighted by molar-refractivity contribution is 8.14. The zero-order valence-electron chi connectivity index (χ0n) is 10.6. The molecule has 1 aromatic rings. The van der Waals surface area contributed by atoms with Crippen LogP contribution in [0, 0.1) is 5.92 Å². The van der Waals surface area contributed by atoms with Gasteiger partial charge in [-0.25, -0.2) is 0 Å². The first-order valence-electron chi connectivity index (χ1n) is 6.92. The number of benzene rings is 1. The second kappa shape index (κ2) is 5.79. The van der Waals surface area contributed by atoms with Gasteiger partial charge in [0.2, 0.25) is 0 Å². The molecule has 2 nitrogen and oxygen atoms in total. The first-order chi connectivity index (χ1) is 8.92. The van der Waals surface area contributed by atoms with Crippen molar-refractivity contribution in [3.8, 4) is 0 Å². The van der Waals surface area contributed by atoms with E-state index in [1.807, 2.05) is 11.8 Å². The predicted octanol–water partition coefficient (Wildman–Crippen LogP) is 3.61. The van der Waals surface area contributed by atoms with Gasteiger partial charge < -0.3 is 5.32 Å². The maximum absolute atomic E-state index is 4.60. The van der Waals surface area contributed by atoms with E-state index in [1.54, 1.807) is 0 Å². The van der Waals surface area contributed by atoms with Crippen LogP contribution in [-0.4, -0.2) is 18.3 Å². The van der Waals surface area contributed by atoms with Gasteiger partial charge in [0.05, 0.1) is 11.8 Å². The van der Waals surface area contributed by atoms with Crippen LogP contribution in [0.4, 0.5) is 0 Å². The van der Waals surface area contributed by atoms with E-state index in [4.69, 9.17) is 0 Å². The lowest BCUT2D eigenvalue weighted by molar-refractivity contribution is 0.297. The van der Waals surface area contributed by atoms with E-state index in [0.29, 0.717) is 5.25 Å². The lowest BCUT2D eigenvalue weighted by Crippen LogP contribution is -2.24. The van der Waals surface area contributed by atoms with Crippen molar-refractivity contribution in [1.29, 1.82) is 0 Å². The molecule has 1 atom stereocenters. The highest BCUT2D eigenvalue weighted by Crippen LogP contribution is 2.34. The molecular weight excluding hydrogens is 240 g/mol. The van der Waals surface area contributed by atoms with Crippen molar-refractivity contribution in [3.05, 3.63) is 35.9 Å². The van der Waals surface area contributed by atoms with Gasteiger partial charge in [0, 0.05) is 6.54 Å². The molecular formula is C15H20N2S. The number of aliphatic imine (C=N–C) groups is 1. The summed E-state index contributed by atoms with van der Waals surface area (Å²) in [5.41, 5.74) is 1.39. The summed E-state index contributed by atoms with van der Waals surface area (Å²) in [6, 6.07) is 10.7. The number of hydrogen-bond acceptors (Lipinski definition) is 3. The Morgan fingerprint density at radius 3 is 2.78 bits per heavy atom. The second-order valence-corrected chi connectivity index (χ2v) is 6.37. The van der Waals surface area contributed by atoms with Crippen LogP contribution in [0.3, 0.4) is 0 Å². The highest BCUT2D eigenvalue weighted by Gasteiger charge is 2.21. The van der Waals surface area contributed by atoms with Crippen molar-refractivity contribution in [2.45, 2.75) is 30.9 Å². The van der Waals surface area contributed by atoms with E-state index in [0.717, 1.165) is 24.2 Å². The fourth-order valence-corrected chi connectivity index (χ4v) is 3.52. The molecule has 0 radical (unpaired) electrons. The van der Waals surface area contributed by atoms with Gasteiger partial charge >= 0.3 is 0 Å². The number of hydrogen-bond donors (Lipinski definition) is 1. The molecule has 0 aromatic heterocycles. The van der Waals surface area contributed by atoms with Crippen LogP contribution in [0.25, 0.3) is 0 Å². The lowest BCUT2D eigenvalue weighted by atomic mass is 9.83. The maximum Gasteiger partial charge on any atom is 0.157 e. The molecule has 1 fully saturated rings. The molecule has 0 saturated heterocycles. The van der Waals surface area contributed by atoms with Crippen LogP contribution < -0.4 is 5.32 Å². The SMILES string of the molecule is c1ccc(C2CN=C(NCCC3CCC3)S2)cc1. The van der Waals surface area contributed by atoms with Gasteiger partial charge in [-0.1, -0.05) is 61.4 Å². The molecule has 96 valence electrons. The number of nitrogens with zero attached hydrogens (tertiary/aromatic N) is 1. The van der Waals surface area contributed by atoms with Gasteiger partial charge in [-0.3, -0.25) is 4.99 Å². The van der Waals surface area contributed by atoms with Crippen LogP contribution in [0.2, 0.25) is 0 Å². The van der Waals surface area contributed by atoms with E-state index >= 15 is 0 Å². The van der Waals surface area contributed by atoms with Gasteiger partial charge in [0.1, 0.15) is 0 Å². The monoisotopic (exact) mass is 260 g/mol. The smallest absolute Gasteiger partial charge is 0.157 e. The average Bonchev–Trinajstić information content (AvgIpc) is 2.82. The number of rotatable bonds is 4. The Hall–Kier alpha value is -0.960. The van der Waals surface area contributed by atoms with E-state index < -0.39 is 0 Å². The molecule has 3 rings (SSSR count). The van der Waals surface area contributed by atoms with Crippen molar-refractivity contribution in [2.24, 2.45) is 10.9 Å². The molecule has 0 amide bonds. The molecule has 18 heavy (non-hydrogen) atoms. The van der Waals surface area contributed by atoms with E-state index in [2.05, 4.69) is 40.6 Å². The quantitative estimate of drug-likeness (QED) is 0.894. The molecule has 1 aromatic carbocycles. The minimum Gasteiger partial charge on any atom is -0.365 e. The van der Waals surface area contributed by atoms with Gasteiger partial charge in [-0.2, -0.15) is 0 Å². The minimum atomic E-state index is 0.511. The van der Waals surface area contributed by atoms with Gasteiger partial charge in [0.15, 0.2) is 5.17 Å². The summed E-state index contributed by atoms with van der Waals surface area (Å²) in [5.74, 6) is 0.981. The van der Waals surface area contributed by atoms with Crippen LogP contribution in [0.1, 0.15) is 36.5 Å². The Balaban J connectivity index is 1.43. The van der Waals surface area contributed by atoms with Crippen LogP contribution >= 0.6 is 11.8 Å². The van der Waals surface area contributed by atoms with E-state index in [9.17, 15) is 0 Å². The Morgan fingerprint density at radius 1 is 1.22 bits per heavy atom.